The van der Waals surface area contributed by atoms with Gasteiger partial charge < -0.3 is 5.32 Å². The van der Waals surface area contributed by atoms with Crippen molar-refractivity contribution in [1.82, 2.24) is 20.0 Å². The molecule has 0 spiro atoms. The minimum atomic E-state index is 0.637. The molecular formula is C14H14ClN5S. The van der Waals surface area contributed by atoms with Gasteiger partial charge in [0.1, 0.15) is 5.01 Å². The molecule has 0 aliphatic carbocycles. The normalized spacial score (nSPS) is 10.8. The maximum Gasteiger partial charge on any atom is 0.211 e. The summed E-state index contributed by atoms with van der Waals surface area (Å²) in [4.78, 5) is 0. The highest BCUT2D eigenvalue weighted by Gasteiger charge is 2.06. The molecule has 7 heteroatoms. The lowest BCUT2D eigenvalue weighted by Crippen LogP contribution is -2.01. The second-order valence-corrected chi connectivity index (χ2v) is 5.94. The summed E-state index contributed by atoms with van der Waals surface area (Å²) in [6.07, 6.45) is 2.80. The second-order valence-electron chi connectivity index (χ2n) is 4.47. The second kappa shape index (κ2) is 6.24. The zero-order valence-electron chi connectivity index (χ0n) is 11.5. The molecule has 0 saturated carbocycles. The van der Waals surface area contributed by atoms with Crippen molar-refractivity contribution in [3.8, 4) is 0 Å². The first kappa shape index (κ1) is 14.0. The van der Waals surface area contributed by atoms with Crippen LogP contribution in [0.2, 0.25) is 5.02 Å². The van der Waals surface area contributed by atoms with Crippen LogP contribution in [0.4, 0.5) is 10.9 Å². The van der Waals surface area contributed by atoms with Crippen LogP contribution in [0.15, 0.2) is 36.5 Å². The van der Waals surface area contributed by atoms with Crippen molar-refractivity contribution in [3.63, 3.8) is 0 Å². The zero-order chi connectivity index (χ0) is 14.7. The van der Waals surface area contributed by atoms with Crippen LogP contribution in [0.25, 0.3) is 0 Å². The van der Waals surface area contributed by atoms with Gasteiger partial charge in [-0.15, -0.1) is 10.2 Å². The predicted octanol–water partition coefficient (Wildman–Crippen LogP) is 3.74. The summed E-state index contributed by atoms with van der Waals surface area (Å²) >= 11 is 7.70. The molecule has 21 heavy (non-hydrogen) atoms. The molecule has 108 valence electrons. The highest BCUT2D eigenvalue weighted by molar-refractivity contribution is 7.15. The molecule has 2 heterocycles. The maximum absolute atomic E-state index is 6.16. The molecule has 0 saturated heterocycles. The number of hydrogen-bond acceptors (Lipinski definition) is 5. The van der Waals surface area contributed by atoms with Gasteiger partial charge in [-0.2, -0.15) is 5.10 Å². The third-order valence-corrected chi connectivity index (χ3v) is 4.29. The number of nitrogens with zero attached hydrogens (tertiary/aromatic N) is 4. The number of anilines is 2. The fourth-order valence-electron chi connectivity index (χ4n) is 1.87. The van der Waals surface area contributed by atoms with E-state index < -0.39 is 0 Å². The zero-order valence-corrected chi connectivity index (χ0v) is 13.0. The van der Waals surface area contributed by atoms with E-state index in [1.807, 2.05) is 41.2 Å². The lowest BCUT2D eigenvalue weighted by molar-refractivity contribution is 0.690. The Kier molecular flexibility index (Phi) is 4.17. The van der Waals surface area contributed by atoms with Crippen LogP contribution in [0.1, 0.15) is 17.5 Å². The van der Waals surface area contributed by atoms with Gasteiger partial charge in [0.05, 0.1) is 6.54 Å². The average Bonchev–Trinajstić information content (AvgIpc) is 3.11. The van der Waals surface area contributed by atoms with Crippen LogP contribution in [-0.2, 0) is 13.0 Å². The smallest absolute Gasteiger partial charge is 0.211 e. The number of halogens is 1. The first-order valence-corrected chi connectivity index (χ1v) is 7.80. The third kappa shape index (κ3) is 3.40. The number of nitrogens with one attached hydrogen (secondary N) is 1. The summed E-state index contributed by atoms with van der Waals surface area (Å²) in [5.41, 5.74) is 1.04. The summed E-state index contributed by atoms with van der Waals surface area (Å²) in [6.45, 7) is 2.69. The summed E-state index contributed by atoms with van der Waals surface area (Å²) in [7, 11) is 0. The Labute approximate surface area is 131 Å². The van der Waals surface area contributed by atoms with Gasteiger partial charge in [0.25, 0.3) is 0 Å². The minimum Gasteiger partial charge on any atom is -0.313 e. The number of aryl methyl sites for hydroxylation is 1. The minimum absolute atomic E-state index is 0.637. The number of benzene rings is 1. The highest BCUT2D eigenvalue weighted by atomic mass is 35.5. The van der Waals surface area contributed by atoms with E-state index in [0.29, 0.717) is 6.54 Å². The molecule has 0 unspecified atom stereocenters. The van der Waals surface area contributed by atoms with Gasteiger partial charge in [-0.1, -0.05) is 48.1 Å². The quantitative estimate of drug-likeness (QED) is 0.778. The monoisotopic (exact) mass is 319 g/mol. The fourth-order valence-corrected chi connectivity index (χ4v) is 2.76. The van der Waals surface area contributed by atoms with Crippen molar-refractivity contribution in [3.05, 3.63) is 52.1 Å². The van der Waals surface area contributed by atoms with Crippen LogP contribution < -0.4 is 5.32 Å². The summed E-state index contributed by atoms with van der Waals surface area (Å²) < 4.78 is 1.84. The Balaban J connectivity index is 1.70. The molecule has 0 fully saturated rings. The van der Waals surface area contributed by atoms with E-state index in [9.17, 15) is 0 Å². The van der Waals surface area contributed by atoms with E-state index in [1.54, 1.807) is 0 Å². The van der Waals surface area contributed by atoms with E-state index in [4.69, 9.17) is 11.6 Å². The van der Waals surface area contributed by atoms with E-state index in [2.05, 4.69) is 27.5 Å². The van der Waals surface area contributed by atoms with Crippen molar-refractivity contribution in [2.45, 2.75) is 19.9 Å². The molecule has 1 aromatic carbocycles. The fraction of sp³-hybridized carbons (Fsp3) is 0.214. The van der Waals surface area contributed by atoms with Crippen molar-refractivity contribution in [2.24, 2.45) is 0 Å². The Hall–Kier alpha value is -1.92. The highest BCUT2D eigenvalue weighted by Crippen LogP contribution is 2.20. The van der Waals surface area contributed by atoms with Crippen LogP contribution >= 0.6 is 22.9 Å². The number of rotatable bonds is 5. The van der Waals surface area contributed by atoms with E-state index in [-0.39, 0.29) is 0 Å². The molecule has 2 aromatic heterocycles. The summed E-state index contributed by atoms with van der Waals surface area (Å²) in [5, 5.41) is 18.3. The molecule has 0 bridgehead atoms. The largest absolute Gasteiger partial charge is 0.313 e. The molecule has 0 atom stereocenters. The van der Waals surface area contributed by atoms with E-state index >= 15 is 0 Å². The first-order chi connectivity index (χ1) is 10.2. The van der Waals surface area contributed by atoms with Crippen molar-refractivity contribution in [2.75, 3.05) is 5.32 Å². The molecule has 3 rings (SSSR count). The van der Waals surface area contributed by atoms with Gasteiger partial charge in [-0.05, 0) is 18.1 Å². The molecule has 0 aliphatic heterocycles. The van der Waals surface area contributed by atoms with E-state index in [1.165, 1.54) is 11.3 Å². The Bertz CT molecular complexity index is 736. The third-order valence-electron chi connectivity index (χ3n) is 2.94. The average molecular weight is 320 g/mol. The number of aromatic nitrogens is 4. The Morgan fingerprint density at radius 3 is 2.86 bits per heavy atom. The van der Waals surface area contributed by atoms with Crippen molar-refractivity contribution < 1.29 is 0 Å². The lowest BCUT2D eigenvalue weighted by Gasteiger charge is -2.04. The Morgan fingerprint density at radius 1 is 1.24 bits per heavy atom. The van der Waals surface area contributed by atoms with Gasteiger partial charge in [0.15, 0.2) is 5.82 Å². The molecule has 1 N–H and O–H groups in total. The van der Waals surface area contributed by atoms with Crippen LogP contribution in [0, 0.1) is 0 Å². The standard InChI is InChI=1S/C14H14ClN5S/c1-2-13-17-18-14(21-13)16-12-7-8-20(19-12)9-10-5-3-4-6-11(10)15/h3-8H,2,9H2,1H3,(H,16,18,19). The predicted molar refractivity (Wildman–Crippen MR) is 85.4 cm³/mol. The first-order valence-electron chi connectivity index (χ1n) is 6.61. The van der Waals surface area contributed by atoms with Gasteiger partial charge in [-0.3, -0.25) is 4.68 Å². The summed E-state index contributed by atoms with van der Waals surface area (Å²) in [6, 6.07) is 9.67. The molecular weight excluding hydrogens is 306 g/mol. The molecule has 3 aromatic rings. The summed E-state index contributed by atoms with van der Waals surface area (Å²) in [5.74, 6) is 0.751. The maximum atomic E-state index is 6.16. The van der Waals surface area contributed by atoms with Gasteiger partial charge in [0, 0.05) is 17.3 Å². The number of hydrogen-bond donors (Lipinski definition) is 1. The van der Waals surface area contributed by atoms with Crippen LogP contribution in [-0.4, -0.2) is 20.0 Å². The lowest BCUT2D eigenvalue weighted by atomic mass is 10.2. The topological polar surface area (TPSA) is 55.6 Å². The Morgan fingerprint density at radius 2 is 2.10 bits per heavy atom. The van der Waals surface area contributed by atoms with Gasteiger partial charge in [0.2, 0.25) is 5.13 Å². The molecule has 0 amide bonds. The van der Waals surface area contributed by atoms with Gasteiger partial charge >= 0.3 is 0 Å². The van der Waals surface area contributed by atoms with Gasteiger partial charge in [-0.25, -0.2) is 0 Å². The SMILES string of the molecule is CCc1nnc(Nc2ccn(Cc3ccccc3Cl)n2)s1. The molecule has 0 radical (unpaired) electrons. The molecule has 0 aliphatic rings. The van der Waals surface area contributed by atoms with Crippen LogP contribution in [0.3, 0.4) is 0 Å². The molecule has 5 nitrogen and oxygen atoms in total. The van der Waals surface area contributed by atoms with Crippen molar-refractivity contribution >= 4 is 33.9 Å². The van der Waals surface area contributed by atoms with Crippen LogP contribution in [0.5, 0.6) is 0 Å². The van der Waals surface area contributed by atoms with Crippen molar-refractivity contribution in [1.29, 1.82) is 0 Å². The van der Waals surface area contributed by atoms with E-state index in [0.717, 1.165) is 33.0 Å².